The predicted molar refractivity (Wildman–Crippen MR) is 84.5 cm³/mol. The minimum Gasteiger partial charge on any atom is -0.481 e. The van der Waals surface area contributed by atoms with Gasteiger partial charge in [-0.3, -0.25) is 9.59 Å². The average Bonchev–Trinajstić information content (AvgIpc) is 2.57. The Balaban J connectivity index is 1.99. The smallest absolute Gasteiger partial charge is 0.264 e. The highest BCUT2D eigenvalue weighted by Crippen LogP contribution is 2.35. The van der Waals surface area contributed by atoms with Gasteiger partial charge in [-0.2, -0.15) is 0 Å². The molecule has 5 nitrogen and oxygen atoms in total. The topological polar surface area (TPSA) is 49.9 Å². The first-order valence-electron chi connectivity index (χ1n) is 6.95. The van der Waals surface area contributed by atoms with Crippen molar-refractivity contribution >= 4 is 23.2 Å². The van der Waals surface area contributed by atoms with E-state index in [9.17, 15) is 9.59 Å². The fourth-order valence-corrected chi connectivity index (χ4v) is 2.42. The third kappa shape index (κ3) is 2.30. The van der Waals surface area contributed by atoms with Crippen LogP contribution >= 0.6 is 0 Å². The minimum atomic E-state index is -0.175. The molecule has 0 bridgehead atoms. The molecule has 112 valence electrons. The van der Waals surface area contributed by atoms with Gasteiger partial charge in [0.25, 0.3) is 11.8 Å². The normalized spacial score (nSPS) is 13.4. The summed E-state index contributed by atoms with van der Waals surface area (Å²) in [7, 11) is 3.40. The molecule has 0 aromatic heterocycles. The molecule has 0 aliphatic carbocycles. The molecule has 1 heterocycles. The zero-order valence-electron chi connectivity index (χ0n) is 12.4. The fourth-order valence-electron chi connectivity index (χ4n) is 2.42. The van der Waals surface area contributed by atoms with Crippen LogP contribution in [0.2, 0.25) is 0 Å². The number of fused-ring (bicyclic) bond motifs is 1. The van der Waals surface area contributed by atoms with Crippen LogP contribution in [-0.2, 0) is 4.79 Å². The first-order chi connectivity index (χ1) is 10.6. The van der Waals surface area contributed by atoms with Gasteiger partial charge in [-0.25, -0.2) is 0 Å². The second-order valence-corrected chi connectivity index (χ2v) is 5.09. The maximum Gasteiger partial charge on any atom is 0.264 e. The number of hydrogen-bond donors (Lipinski definition) is 0. The van der Waals surface area contributed by atoms with Gasteiger partial charge in [-0.05, 0) is 24.3 Å². The summed E-state index contributed by atoms with van der Waals surface area (Å²) in [5.74, 6) is 0.150. The number of carbonyl (C=O) groups is 2. The van der Waals surface area contributed by atoms with Crippen LogP contribution in [0.4, 0.5) is 11.4 Å². The Kier molecular flexibility index (Phi) is 3.55. The highest BCUT2D eigenvalue weighted by Gasteiger charge is 2.28. The summed E-state index contributed by atoms with van der Waals surface area (Å²) in [5.41, 5.74) is 1.86. The van der Waals surface area contributed by atoms with Crippen molar-refractivity contribution in [2.75, 3.05) is 30.5 Å². The largest absolute Gasteiger partial charge is 0.481 e. The second kappa shape index (κ2) is 5.52. The number of nitrogens with zero attached hydrogens (tertiary/aromatic N) is 2. The third-order valence-electron chi connectivity index (χ3n) is 3.75. The zero-order chi connectivity index (χ0) is 15.7. The lowest BCUT2D eigenvalue weighted by Gasteiger charge is -2.28. The Hall–Kier alpha value is -2.82. The molecule has 0 N–H and O–H groups in total. The number of hydrogen-bond acceptors (Lipinski definition) is 3. The van der Waals surface area contributed by atoms with Gasteiger partial charge in [0.1, 0.15) is 0 Å². The van der Waals surface area contributed by atoms with Crippen molar-refractivity contribution in [2.24, 2.45) is 0 Å². The van der Waals surface area contributed by atoms with E-state index in [0.29, 0.717) is 17.0 Å². The molecule has 3 rings (SSSR count). The molecule has 0 saturated carbocycles. The fraction of sp³-hybridized carbons (Fsp3) is 0.176. The summed E-state index contributed by atoms with van der Waals surface area (Å²) in [4.78, 5) is 27.5. The van der Waals surface area contributed by atoms with Gasteiger partial charge in [0, 0.05) is 19.8 Å². The highest BCUT2D eigenvalue weighted by atomic mass is 16.5. The summed E-state index contributed by atoms with van der Waals surface area (Å²) in [5, 5.41) is 0. The van der Waals surface area contributed by atoms with Gasteiger partial charge in [-0.15, -0.1) is 0 Å². The molecule has 0 saturated heterocycles. The van der Waals surface area contributed by atoms with E-state index in [-0.39, 0.29) is 18.4 Å². The summed E-state index contributed by atoms with van der Waals surface area (Å²) < 4.78 is 5.51. The van der Waals surface area contributed by atoms with E-state index in [4.69, 9.17) is 4.74 Å². The lowest BCUT2D eigenvalue weighted by molar-refractivity contribution is -0.121. The molecule has 22 heavy (non-hydrogen) atoms. The van der Waals surface area contributed by atoms with Crippen LogP contribution in [0.15, 0.2) is 48.5 Å². The van der Waals surface area contributed by atoms with E-state index < -0.39 is 0 Å². The SMILES string of the molecule is CN(C(=O)c1cccc2c1OCC(=O)N2C)c1ccccc1. The summed E-state index contributed by atoms with van der Waals surface area (Å²) in [6, 6.07) is 14.6. The van der Waals surface area contributed by atoms with Crippen molar-refractivity contribution in [3.63, 3.8) is 0 Å². The lowest BCUT2D eigenvalue weighted by Crippen LogP contribution is -2.37. The highest BCUT2D eigenvalue weighted by molar-refractivity contribution is 6.10. The molecular weight excluding hydrogens is 280 g/mol. The number of para-hydroxylation sites is 2. The van der Waals surface area contributed by atoms with Crippen molar-refractivity contribution in [1.82, 2.24) is 0 Å². The Morgan fingerprint density at radius 2 is 1.86 bits per heavy atom. The minimum absolute atomic E-state index is 0.0527. The van der Waals surface area contributed by atoms with Crippen molar-refractivity contribution in [1.29, 1.82) is 0 Å². The Morgan fingerprint density at radius 3 is 2.59 bits per heavy atom. The standard InChI is InChI=1S/C17H16N2O3/c1-18(12-7-4-3-5-8-12)17(21)13-9-6-10-14-16(13)22-11-15(20)19(14)2/h3-10H,11H2,1-2H3. The molecule has 0 radical (unpaired) electrons. The monoisotopic (exact) mass is 296 g/mol. The molecule has 0 fully saturated rings. The maximum atomic E-state index is 12.7. The van der Waals surface area contributed by atoms with Crippen LogP contribution in [0.5, 0.6) is 5.75 Å². The average molecular weight is 296 g/mol. The second-order valence-electron chi connectivity index (χ2n) is 5.09. The number of carbonyl (C=O) groups excluding carboxylic acids is 2. The lowest BCUT2D eigenvalue weighted by atomic mass is 10.1. The zero-order valence-corrected chi connectivity index (χ0v) is 12.4. The van der Waals surface area contributed by atoms with Gasteiger partial charge in [0.05, 0.1) is 11.3 Å². The molecule has 1 aliphatic heterocycles. The summed E-state index contributed by atoms with van der Waals surface area (Å²) in [6.45, 7) is -0.0527. The number of benzene rings is 2. The molecule has 0 unspecified atom stereocenters. The van der Waals surface area contributed by atoms with Crippen LogP contribution in [0, 0.1) is 0 Å². The first-order valence-corrected chi connectivity index (χ1v) is 6.95. The van der Waals surface area contributed by atoms with Crippen molar-refractivity contribution in [2.45, 2.75) is 0 Å². The van der Waals surface area contributed by atoms with Gasteiger partial charge in [0.2, 0.25) is 0 Å². The van der Waals surface area contributed by atoms with Gasteiger partial charge >= 0.3 is 0 Å². The number of rotatable bonds is 2. The third-order valence-corrected chi connectivity index (χ3v) is 3.75. The quantitative estimate of drug-likeness (QED) is 0.854. The van der Waals surface area contributed by atoms with Crippen LogP contribution in [0.3, 0.4) is 0 Å². The number of anilines is 2. The van der Waals surface area contributed by atoms with Gasteiger partial charge in [-0.1, -0.05) is 24.3 Å². The molecule has 2 aromatic rings. The van der Waals surface area contributed by atoms with Crippen molar-refractivity contribution in [3.05, 3.63) is 54.1 Å². The molecule has 2 amide bonds. The Morgan fingerprint density at radius 1 is 1.14 bits per heavy atom. The van der Waals surface area contributed by atoms with Gasteiger partial charge < -0.3 is 14.5 Å². The van der Waals surface area contributed by atoms with E-state index in [0.717, 1.165) is 5.69 Å². The number of amides is 2. The van der Waals surface area contributed by atoms with Crippen molar-refractivity contribution < 1.29 is 14.3 Å². The van der Waals surface area contributed by atoms with E-state index in [1.54, 1.807) is 37.2 Å². The first kappa shape index (κ1) is 14.1. The van der Waals surface area contributed by atoms with Gasteiger partial charge in [0.15, 0.2) is 12.4 Å². The number of ether oxygens (including phenoxy) is 1. The molecular formula is C17H16N2O3. The molecule has 5 heteroatoms. The van der Waals surface area contributed by atoms with Crippen LogP contribution < -0.4 is 14.5 Å². The van der Waals surface area contributed by atoms with E-state index in [2.05, 4.69) is 0 Å². The van der Waals surface area contributed by atoms with E-state index in [1.165, 1.54) is 4.90 Å². The summed E-state index contributed by atoms with van der Waals surface area (Å²) in [6.07, 6.45) is 0. The Labute approximate surface area is 128 Å². The van der Waals surface area contributed by atoms with Crippen molar-refractivity contribution in [3.8, 4) is 5.75 Å². The van der Waals surface area contributed by atoms with Crippen LogP contribution in [0.1, 0.15) is 10.4 Å². The molecule has 0 atom stereocenters. The van der Waals surface area contributed by atoms with Crippen LogP contribution in [0.25, 0.3) is 0 Å². The summed E-state index contributed by atoms with van der Waals surface area (Å²) >= 11 is 0. The predicted octanol–water partition coefficient (Wildman–Crippen LogP) is 2.32. The molecule has 2 aromatic carbocycles. The number of likely N-dealkylation sites (N-methyl/N-ethyl adjacent to an activating group) is 1. The van der Waals surface area contributed by atoms with E-state index >= 15 is 0 Å². The molecule has 1 aliphatic rings. The Bertz CT molecular complexity index is 728. The van der Waals surface area contributed by atoms with E-state index in [1.807, 2.05) is 30.3 Å². The maximum absolute atomic E-state index is 12.7. The van der Waals surface area contributed by atoms with Crippen LogP contribution in [-0.4, -0.2) is 32.5 Å². The molecule has 0 spiro atoms.